The molecule has 0 atom stereocenters. The topological polar surface area (TPSA) is 45.9 Å². The molecule has 0 unspecified atom stereocenters. The van der Waals surface area contributed by atoms with Crippen LogP contribution in [0.2, 0.25) is 0 Å². The fraction of sp³-hybridized carbons (Fsp3) is 0.333. The molecule has 0 aromatic carbocycles. The second kappa shape index (κ2) is 4.86. The highest BCUT2D eigenvalue weighted by molar-refractivity contribution is 14.1. The first-order valence-electron chi connectivity index (χ1n) is 4.12. The number of rotatable bonds is 2. The largest absolute Gasteiger partial charge is 0.573 e. The average Bonchev–Trinajstić information content (AvgIpc) is 2.08. The van der Waals surface area contributed by atoms with Gasteiger partial charge < -0.3 is 4.74 Å². The summed E-state index contributed by atoms with van der Waals surface area (Å²) in [6.45, 7) is 1.54. The zero-order valence-electron chi connectivity index (χ0n) is 8.10. The minimum absolute atomic E-state index is 0.166. The molecular weight excluding hydrogens is 336 g/mol. The number of nitrogens with zero attached hydrogens (tertiary/aromatic N) is 2. The zero-order chi connectivity index (χ0) is 12.3. The second-order valence-corrected chi connectivity index (χ2v) is 4.00. The van der Waals surface area contributed by atoms with E-state index in [1.807, 2.05) is 0 Å². The van der Waals surface area contributed by atoms with Crippen LogP contribution in [0.4, 0.5) is 13.2 Å². The van der Waals surface area contributed by atoms with E-state index in [2.05, 4.69) is 9.72 Å². The Kier molecular flexibility index (Phi) is 3.96. The van der Waals surface area contributed by atoms with Crippen LogP contribution < -0.4 is 4.74 Å². The van der Waals surface area contributed by atoms with E-state index in [9.17, 15) is 13.2 Å². The number of halogens is 4. The molecular formula is C9H6F3IN2O. The SMILES string of the molecule is Cc1nc(I)cc(OC(F)(F)F)c1CC#N. The van der Waals surface area contributed by atoms with Crippen molar-refractivity contribution in [2.45, 2.75) is 19.7 Å². The third-order valence-corrected chi connectivity index (χ3v) is 2.29. The molecule has 0 saturated heterocycles. The van der Waals surface area contributed by atoms with Gasteiger partial charge in [-0.2, -0.15) is 5.26 Å². The number of aromatic nitrogens is 1. The van der Waals surface area contributed by atoms with Crippen molar-refractivity contribution in [1.29, 1.82) is 5.26 Å². The van der Waals surface area contributed by atoms with Gasteiger partial charge in [-0.3, -0.25) is 0 Å². The van der Waals surface area contributed by atoms with Crippen molar-refractivity contribution < 1.29 is 17.9 Å². The molecule has 1 aromatic heterocycles. The summed E-state index contributed by atoms with van der Waals surface area (Å²) >= 11 is 1.79. The lowest BCUT2D eigenvalue weighted by Crippen LogP contribution is -2.19. The summed E-state index contributed by atoms with van der Waals surface area (Å²) in [4.78, 5) is 3.97. The van der Waals surface area contributed by atoms with E-state index in [1.54, 1.807) is 28.7 Å². The van der Waals surface area contributed by atoms with Gasteiger partial charge in [-0.25, -0.2) is 4.98 Å². The number of hydrogen-bond donors (Lipinski definition) is 0. The highest BCUT2D eigenvalue weighted by atomic mass is 127. The van der Waals surface area contributed by atoms with E-state index in [4.69, 9.17) is 5.26 Å². The van der Waals surface area contributed by atoms with Crippen molar-refractivity contribution in [3.05, 3.63) is 21.0 Å². The summed E-state index contributed by atoms with van der Waals surface area (Å²) in [6, 6.07) is 2.94. The molecule has 1 heterocycles. The fourth-order valence-corrected chi connectivity index (χ4v) is 1.79. The maximum atomic E-state index is 12.1. The summed E-state index contributed by atoms with van der Waals surface area (Å²) < 4.78 is 40.5. The summed E-state index contributed by atoms with van der Waals surface area (Å²) in [5.74, 6) is -0.356. The van der Waals surface area contributed by atoms with Gasteiger partial charge in [-0.15, -0.1) is 13.2 Å². The van der Waals surface area contributed by atoms with Crippen LogP contribution in [0.25, 0.3) is 0 Å². The Hall–Kier alpha value is -1.04. The standard InChI is InChI=1S/C9H6F3IN2O/c1-5-6(2-3-14)7(4-8(13)15-5)16-9(10,11)12/h4H,2H2,1H3. The quantitative estimate of drug-likeness (QED) is 0.613. The molecule has 0 bridgehead atoms. The Morgan fingerprint density at radius 2 is 2.19 bits per heavy atom. The van der Waals surface area contributed by atoms with E-state index >= 15 is 0 Å². The molecule has 16 heavy (non-hydrogen) atoms. The lowest BCUT2D eigenvalue weighted by molar-refractivity contribution is -0.274. The first-order chi connectivity index (χ1) is 7.33. The molecule has 1 rings (SSSR count). The van der Waals surface area contributed by atoms with Crippen molar-refractivity contribution in [3.63, 3.8) is 0 Å². The first kappa shape index (κ1) is 13.0. The molecule has 0 aliphatic heterocycles. The van der Waals surface area contributed by atoms with Gasteiger partial charge in [0.1, 0.15) is 9.45 Å². The molecule has 0 amide bonds. The Morgan fingerprint density at radius 1 is 1.56 bits per heavy atom. The number of hydrogen-bond acceptors (Lipinski definition) is 3. The predicted molar refractivity (Wildman–Crippen MR) is 57.7 cm³/mol. The summed E-state index contributed by atoms with van der Waals surface area (Å²) in [5, 5.41) is 8.52. The van der Waals surface area contributed by atoms with Crippen molar-refractivity contribution in [3.8, 4) is 11.8 Å². The fourth-order valence-electron chi connectivity index (χ4n) is 1.14. The van der Waals surface area contributed by atoms with Gasteiger partial charge in [0.15, 0.2) is 0 Å². The Morgan fingerprint density at radius 3 is 2.69 bits per heavy atom. The number of aryl methyl sites for hydroxylation is 1. The molecule has 0 saturated carbocycles. The molecule has 0 aliphatic rings. The van der Waals surface area contributed by atoms with Gasteiger partial charge in [-0.05, 0) is 29.5 Å². The van der Waals surface area contributed by atoms with E-state index in [1.165, 1.54) is 6.92 Å². The van der Waals surface area contributed by atoms with Gasteiger partial charge >= 0.3 is 6.36 Å². The molecule has 0 N–H and O–H groups in total. The van der Waals surface area contributed by atoms with E-state index < -0.39 is 6.36 Å². The number of nitriles is 1. The monoisotopic (exact) mass is 342 g/mol. The molecule has 1 aromatic rings. The van der Waals surface area contributed by atoms with E-state index in [0.29, 0.717) is 9.39 Å². The number of pyridine rings is 1. The third-order valence-electron chi connectivity index (χ3n) is 1.74. The Bertz CT molecular complexity index is 440. The Labute approximate surface area is 103 Å². The lowest BCUT2D eigenvalue weighted by Gasteiger charge is -2.13. The molecule has 86 valence electrons. The van der Waals surface area contributed by atoms with Gasteiger partial charge in [0, 0.05) is 17.3 Å². The van der Waals surface area contributed by atoms with Crippen LogP contribution in [0.15, 0.2) is 6.07 Å². The van der Waals surface area contributed by atoms with Crippen LogP contribution in [0.1, 0.15) is 11.3 Å². The maximum absolute atomic E-state index is 12.1. The van der Waals surface area contributed by atoms with Gasteiger partial charge in [0.25, 0.3) is 0 Å². The average molecular weight is 342 g/mol. The molecule has 0 radical (unpaired) electrons. The second-order valence-electron chi connectivity index (χ2n) is 2.89. The van der Waals surface area contributed by atoms with Crippen LogP contribution in [-0.4, -0.2) is 11.3 Å². The van der Waals surface area contributed by atoms with Crippen LogP contribution in [0, 0.1) is 22.0 Å². The number of alkyl halides is 3. The van der Waals surface area contributed by atoms with Crippen molar-refractivity contribution in [2.75, 3.05) is 0 Å². The smallest absolute Gasteiger partial charge is 0.405 e. The van der Waals surface area contributed by atoms with Crippen LogP contribution in [0.3, 0.4) is 0 Å². The van der Waals surface area contributed by atoms with Crippen molar-refractivity contribution >= 4 is 22.6 Å². The summed E-state index contributed by atoms with van der Waals surface area (Å²) in [5.41, 5.74) is 0.535. The van der Waals surface area contributed by atoms with Crippen molar-refractivity contribution in [2.24, 2.45) is 0 Å². The highest BCUT2D eigenvalue weighted by Crippen LogP contribution is 2.29. The van der Waals surface area contributed by atoms with E-state index in [-0.39, 0.29) is 17.7 Å². The Balaban J connectivity index is 3.20. The van der Waals surface area contributed by atoms with Crippen molar-refractivity contribution in [1.82, 2.24) is 4.98 Å². The van der Waals surface area contributed by atoms with Crippen LogP contribution in [-0.2, 0) is 6.42 Å². The molecule has 0 aliphatic carbocycles. The van der Waals surface area contributed by atoms with Gasteiger partial charge in [0.2, 0.25) is 0 Å². The lowest BCUT2D eigenvalue weighted by atomic mass is 10.1. The molecule has 7 heteroatoms. The summed E-state index contributed by atoms with van der Waals surface area (Å²) in [7, 11) is 0. The number of ether oxygens (including phenoxy) is 1. The van der Waals surface area contributed by atoms with E-state index in [0.717, 1.165) is 6.07 Å². The van der Waals surface area contributed by atoms with Crippen LogP contribution >= 0.6 is 22.6 Å². The minimum atomic E-state index is -4.76. The zero-order valence-corrected chi connectivity index (χ0v) is 10.3. The predicted octanol–water partition coefficient (Wildman–Crippen LogP) is 2.96. The normalized spacial score (nSPS) is 11.0. The summed E-state index contributed by atoms with van der Waals surface area (Å²) in [6.07, 6.45) is -4.93. The highest BCUT2D eigenvalue weighted by Gasteiger charge is 2.32. The first-order valence-corrected chi connectivity index (χ1v) is 5.20. The molecule has 3 nitrogen and oxygen atoms in total. The minimum Gasteiger partial charge on any atom is -0.405 e. The third kappa shape index (κ3) is 3.52. The van der Waals surface area contributed by atoms with Crippen LogP contribution in [0.5, 0.6) is 5.75 Å². The van der Waals surface area contributed by atoms with Gasteiger partial charge in [-0.1, -0.05) is 0 Å². The maximum Gasteiger partial charge on any atom is 0.573 e. The molecule has 0 fully saturated rings. The molecule has 0 spiro atoms. The van der Waals surface area contributed by atoms with Gasteiger partial charge in [0.05, 0.1) is 12.5 Å².